The van der Waals surface area contributed by atoms with Crippen molar-refractivity contribution in [2.75, 3.05) is 0 Å². The number of para-hydroxylation sites is 1. The quantitative estimate of drug-likeness (QED) is 0.524. The first-order chi connectivity index (χ1) is 9.52. The summed E-state index contributed by atoms with van der Waals surface area (Å²) in [5.74, 6) is 0.0420. The highest BCUT2D eigenvalue weighted by atomic mass is 79.9. The van der Waals surface area contributed by atoms with Crippen molar-refractivity contribution in [3.8, 4) is 11.5 Å². The zero-order chi connectivity index (χ0) is 14.7. The molecule has 0 aromatic heterocycles. The normalized spacial score (nSPS) is 10.4. The highest BCUT2D eigenvalue weighted by Gasteiger charge is 2.14. The second-order valence-electron chi connectivity index (χ2n) is 4.07. The van der Waals surface area contributed by atoms with Crippen molar-refractivity contribution >= 4 is 33.3 Å². The molecule has 20 heavy (non-hydrogen) atoms. The summed E-state index contributed by atoms with van der Waals surface area (Å²) in [5, 5.41) is 0.00199. The van der Waals surface area contributed by atoms with Gasteiger partial charge >= 0.3 is 0 Å². The van der Waals surface area contributed by atoms with E-state index in [1.54, 1.807) is 31.2 Å². The number of benzene rings is 2. The maximum atomic E-state index is 13.5. The number of rotatable bonds is 4. The third-order valence-electron chi connectivity index (χ3n) is 2.70. The lowest BCUT2D eigenvalue weighted by Crippen LogP contribution is -2.00. The van der Waals surface area contributed by atoms with Crippen molar-refractivity contribution in [3.63, 3.8) is 0 Å². The molecule has 2 aromatic carbocycles. The Bertz CT molecular complexity index is 658. The van der Waals surface area contributed by atoms with Gasteiger partial charge in [0.15, 0.2) is 5.78 Å². The van der Waals surface area contributed by atoms with Gasteiger partial charge in [0.25, 0.3) is 0 Å². The fourth-order valence-corrected chi connectivity index (χ4v) is 2.40. The Labute approximate surface area is 129 Å². The minimum Gasteiger partial charge on any atom is -0.455 e. The molecule has 0 aliphatic heterocycles. The van der Waals surface area contributed by atoms with E-state index in [4.69, 9.17) is 16.3 Å². The fraction of sp³-hybridized carbons (Fsp3) is 0.133. The highest BCUT2D eigenvalue weighted by molar-refractivity contribution is 9.10. The van der Waals surface area contributed by atoms with Crippen molar-refractivity contribution in [1.29, 1.82) is 0 Å². The molecule has 0 amide bonds. The first kappa shape index (κ1) is 15.0. The molecular weight excluding hydrogens is 347 g/mol. The molecule has 5 heteroatoms. The van der Waals surface area contributed by atoms with Crippen molar-refractivity contribution in [3.05, 3.63) is 57.3 Å². The standard InChI is InChI=1S/C15H11BrClFO2/c1-2-13(19)9-5-3-4-6-14(9)20-15-8-12(18)11(17)7-10(15)16/h3-8H,2H2,1H3. The minimum atomic E-state index is -0.579. The van der Waals surface area contributed by atoms with Crippen LogP contribution in [0.3, 0.4) is 0 Å². The summed E-state index contributed by atoms with van der Waals surface area (Å²) in [6.45, 7) is 1.77. The van der Waals surface area contributed by atoms with Crippen LogP contribution < -0.4 is 4.74 Å². The zero-order valence-electron chi connectivity index (χ0n) is 10.6. The number of halogens is 3. The lowest BCUT2D eigenvalue weighted by atomic mass is 10.1. The van der Waals surface area contributed by atoms with Crippen molar-refractivity contribution in [1.82, 2.24) is 0 Å². The third kappa shape index (κ3) is 3.19. The number of hydrogen-bond acceptors (Lipinski definition) is 2. The van der Waals surface area contributed by atoms with Crippen LogP contribution in [0, 0.1) is 5.82 Å². The van der Waals surface area contributed by atoms with Gasteiger partial charge in [-0.1, -0.05) is 30.7 Å². The molecule has 0 saturated heterocycles. The van der Waals surface area contributed by atoms with Gasteiger partial charge in [-0.2, -0.15) is 0 Å². The molecule has 0 spiro atoms. The summed E-state index contributed by atoms with van der Waals surface area (Å²) in [7, 11) is 0. The first-order valence-electron chi connectivity index (χ1n) is 5.97. The molecule has 0 N–H and O–H groups in total. The number of ketones is 1. The molecule has 0 aliphatic rings. The Kier molecular flexibility index (Phi) is 4.78. The summed E-state index contributed by atoms with van der Waals surface area (Å²) >= 11 is 8.93. The van der Waals surface area contributed by atoms with Gasteiger partial charge in [0.2, 0.25) is 0 Å². The van der Waals surface area contributed by atoms with Gasteiger partial charge in [0, 0.05) is 12.5 Å². The average molecular weight is 358 g/mol. The van der Waals surface area contributed by atoms with Crippen LogP contribution in [0.2, 0.25) is 5.02 Å². The molecule has 0 saturated carbocycles. The van der Waals surface area contributed by atoms with Crippen LogP contribution in [0.5, 0.6) is 11.5 Å². The molecule has 0 aliphatic carbocycles. The van der Waals surface area contributed by atoms with Gasteiger partial charge in [0.05, 0.1) is 15.1 Å². The van der Waals surface area contributed by atoms with Crippen LogP contribution in [0.15, 0.2) is 40.9 Å². The highest BCUT2D eigenvalue weighted by Crippen LogP contribution is 2.35. The number of carbonyl (C=O) groups is 1. The van der Waals surface area contributed by atoms with Crippen LogP contribution in [-0.4, -0.2) is 5.78 Å². The van der Waals surface area contributed by atoms with Gasteiger partial charge in [0.1, 0.15) is 17.3 Å². The van der Waals surface area contributed by atoms with Gasteiger partial charge in [-0.3, -0.25) is 4.79 Å². The van der Waals surface area contributed by atoms with Gasteiger partial charge < -0.3 is 4.74 Å². The predicted molar refractivity (Wildman–Crippen MR) is 80.2 cm³/mol. The van der Waals surface area contributed by atoms with Crippen LogP contribution in [0.25, 0.3) is 0 Å². The number of Topliss-reactive ketones (excluding diaryl/α,β-unsaturated/α-hetero) is 1. The maximum Gasteiger partial charge on any atom is 0.166 e. The van der Waals surface area contributed by atoms with E-state index in [-0.39, 0.29) is 16.6 Å². The molecule has 0 heterocycles. The molecule has 0 unspecified atom stereocenters. The summed E-state index contributed by atoms with van der Waals surface area (Å²) < 4.78 is 19.6. The number of carbonyl (C=O) groups excluding carboxylic acids is 1. The zero-order valence-corrected chi connectivity index (χ0v) is 13.0. The Morgan fingerprint density at radius 1 is 1.30 bits per heavy atom. The lowest BCUT2D eigenvalue weighted by molar-refractivity contribution is 0.0986. The first-order valence-corrected chi connectivity index (χ1v) is 7.14. The van der Waals surface area contributed by atoms with E-state index >= 15 is 0 Å². The van der Waals surface area contributed by atoms with Crippen LogP contribution in [-0.2, 0) is 0 Å². The Hall–Kier alpha value is -1.39. The van der Waals surface area contributed by atoms with Gasteiger partial charge in [-0.05, 0) is 34.1 Å². The molecule has 104 valence electrons. The SMILES string of the molecule is CCC(=O)c1ccccc1Oc1cc(F)c(Cl)cc1Br. The Morgan fingerprint density at radius 3 is 2.70 bits per heavy atom. The van der Waals surface area contributed by atoms with Gasteiger partial charge in [-0.25, -0.2) is 4.39 Å². The average Bonchev–Trinajstić information content (AvgIpc) is 2.44. The van der Waals surface area contributed by atoms with Crippen LogP contribution >= 0.6 is 27.5 Å². The van der Waals surface area contributed by atoms with E-state index in [1.165, 1.54) is 12.1 Å². The topological polar surface area (TPSA) is 26.3 Å². The molecule has 0 fully saturated rings. The smallest absolute Gasteiger partial charge is 0.166 e. The molecule has 0 bridgehead atoms. The minimum absolute atomic E-state index is 0.00199. The van der Waals surface area contributed by atoms with E-state index in [1.807, 2.05) is 0 Å². The number of hydrogen-bond donors (Lipinski definition) is 0. The van der Waals surface area contributed by atoms with E-state index in [0.29, 0.717) is 22.2 Å². The Balaban J connectivity index is 2.40. The molecule has 2 nitrogen and oxygen atoms in total. The fourth-order valence-electron chi connectivity index (χ4n) is 1.68. The van der Waals surface area contributed by atoms with Crippen LogP contribution in [0.1, 0.15) is 23.7 Å². The molecule has 2 rings (SSSR count). The molecular formula is C15H11BrClFO2. The number of ether oxygens (including phenoxy) is 1. The van der Waals surface area contributed by atoms with Crippen molar-refractivity contribution in [2.24, 2.45) is 0 Å². The van der Waals surface area contributed by atoms with E-state index in [0.717, 1.165) is 0 Å². The molecule has 0 radical (unpaired) electrons. The Morgan fingerprint density at radius 2 is 2.00 bits per heavy atom. The summed E-state index contributed by atoms with van der Waals surface area (Å²) in [4.78, 5) is 11.8. The summed E-state index contributed by atoms with van der Waals surface area (Å²) in [6, 6.07) is 9.45. The van der Waals surface area contributed by atoms with Gasteiger partial charge in [-0.15, -0.1) is 0 Å². The summed E-state index contributed by atoms with van der Waals surface area (Å²) in [6.07, 6.45) is 0.372. The van der Waals surface area contributed by atoms with E-state index in [9.17, 15) is 9.18 Å². The van der Waals surface area contributed by atoms with Crippen molar-refractivity contribution in [2.45, 2.75) is 13.3 Å². The van der Waals surface area contributed by atoms with Crippen molar-refractivity contribution < 1.29 is 13.9 Å². The maximum absolute atomic E-state index is 13.5. The second kappa shape index (κ2) is 6.37. The predicted octanol–water partition coefficient (Wildman–Crippen LogP) is 5.63. The third-order valence-corrected chi connectivity index (χ3v) is 3.61. The van der Waals surface area contributed by atoms with E-state index in [2.05, 4.69) is 15.9 Å². The monoisotopic (exact) mass is 356 g/mol. The molecule has 0 atom stereocenters. The van der Waals surface area contributed by atoms with E-state index < -0.39 is 5.82 Å². The van der Waals surface area contributed by atoms with Crippen LogP contribution in [0.4, 0.5) is 4.39 Å². The molecule has 2 aromatic rings. The largest absolute Gasteiger partial charge is 0.455 e. The second-order valence-corrected chi connectivity index (χ2v) is 5.33. The lowest BCUT2D eigenvalue weighted by Gasteiger charge is -2.11. The summed E-state index contributed by atoms with van der Waals surface area (Å²) in [5.41, 5.74) is 0.470.